The molecule has 0 aliphatic carbocycles. The molecule has 3 aromatic rings. The summed E-state index contributed by atoms with van der Waals surface area (Å²) >= 11 is 0. The quantitative estimate of drug-likeness (QED) is 0.545. The molecule has 106 valence electrons. The molecule has 0 N–H and O–H groups in total. The summed E-state index contributed by atoms with van der Waals surface area (Å²) in [7, 11) is 1.57. The highest BCUT2D eigenvalue weighted by molar-refractivity contribution is 5.82. The summed E-state index contributed by atoms with van der Waals surface area (Å²) < 4.78 is 7.04. The zero-order valence-electron chi connectivity index (χ0n) is 11.4. The summed E-state index contributed by atoms with van der Waals surface area (Å²) in [6.07, 6.45) is 1.90. The van der Waals surface area contributed by atoms with E-state index in [1.165, 1.54) is 6.07 Å². The molecule has 0 amide bonds. The van der Waals surface area contributed by atoms with E-state index in [1.54, 1.807) is 25.3 Å². The number of non-ortho nitro benzene ring substituents is 1. The maximum absolute atomic E-state index is 10.9. The zero-order valence-corrected chi connectivity index (χ0v) is 11.4. The largest absolute Gasteiger partial charge is 0.481 e. The SMILES string of the molecule is COc1cccc(Cn2ccc3ccc([N+](=O)[O-])cc32)n1. The molecule has 0 atom stereocenters. The molecule has 0 spiro atoms. The van der Waals surface area contributed by atoms with Crippen molar-refractivity contribution >= 4 is 16.6 Å². The minimum atomic E-state index is -0.388. The third-order valence-electron chi connectivity index (χ3n) is 3.29. The Morgan fingerprint density at radius 1 is 1.29 bits per heavy atom. The van der Waals surface area contributed by atoms with E-state index in [4.69, 9.17) is 4.74 Å². The van der Waals surface area contributed by atoms with Crippen LogP contribution in [0.3, 0.4) is 0 Å². The first kappa shape index (κ1) is 13.1. The Balaban J connectivity index is 1.99. The predicted molar refractivity (Wildman–Crippen MR) is 78.5 cm³/mol. The van der Waals surface area contributed by atoms with E-state index in [0.29, 0.717) is 12.4 Å². The number of ether oxygens (including phenoxy) is 1. The van der Waals surface area contributed by atoms with Crippen LogP contribution in [0.2, 0.25) is 0 Å². The van der Waals surface area contributed by atoms with Crippen LogP contribution in [0.1, 0.15) is 5.69 Å². The van der Waals surface area contributed by atoms with E-state index in [1.807, 2.05) is 29.0 Å². The van der Waals surface area contributed by atoms with Crippen LogP contribution in [-0.4, -0.2) is 21.6 Å². The van der Waals surface area contributed by atoms with E-state index in [2.05, 4.69) is 4.98 Å². The molecule has 0 saturated carbocycles. The number of nitrogens with zero attached hydrogens (tertiary/aromatic N) is 3. The van der Waals surface area contributed by atoms with Gasteiger partial charge in [-0.3, -0.25) is 10.1 Å². The number of hydrogen-bond donors (Lipinski definition) is 0. The Kier molecular flexibility index (Phi) is 3.27. The number of rotatable bonds is 4. The van der Waals surface area contributed by atoms with Crippen molar-refractivity contribution in [3.05, 3.63) is 64.5 Å². The second kappa shape index (κ2) is 5.24. The van der Waals surface area contributed by atoms with Crippen LogP contribution < -0.4 is 4.74 Å². The van der Waals surface area contributed by atoms with Gasteiger partial charge in [-0.1, -0.05) is 6.07 Å². The lowest BCUT2D eigenvalue weighted by Crippen LogP contribution is -2.01. The molecule has 6 nitrogen and oxygen atoms in total. The standard InChI is InChI=1S/C15H13N3O3/c1-21-15-4-2-3-12(16-15)10-17-8-7-11-5-6-13(18(19)20)9-14(11)17/h2-9H,10H2,1H3. The molecule has 2 aromatic heterocycles. The van der Waals surface area contributed by atoms with Gasteiger partial charge in [-0.15, -0.1) is 0 Å². The molecule has 0 aliphatic heterocycles. The Labute approximate surface area is 120 Å². The number of nitro benzene ring substituents is 1. The number of aromatic nitrogens is 2. The minimum absolute atomic E-state index is 0.0843. The number of nitro groups is 1. The van der Waals surface area contributed by atoms with Crippen molar-refractivity contribution in [2.75, 3.05) is 7.11 Å². The van der Waals surface area contributed by atoms with Gasteiger partial charge in [-0.25, -0.2) is 4.98 Å². The van der Waals surface area contributed by atoms with Crippen LogP contribution in [0.4, 0.5) is 5.69 Å². The van der Waals surface area contributed by atoms with Gasteiger partial charge in [-0.05, 0) is 18.2 Å². The van der Waals surface area contributed by atoms with Gasteiger partial charge in [0.25, 0.3) is 5.69 Å². The van der Waals surface area contributed by atoms with Crippen LogP contribution in [0, 0.1) is 10.1 Å². The Morgan fingerprint density at radius 2 is 2.14 bits per heavy atom. The highest BCUT2D eigenvalue weighted by Gasteiger charge is 2.10. The van der Waals surface area contributed by atoms with Crippen molar-refractivity contribution in [1.82, 2.24) is 9.55 Å². The Morgan fingerprint density at radius 3 is 2.90 bits per heavy atom. The number of pyridine rings is 1. The summed E-state index contributed by atoms with van der Waals surface area (Å²) in [4.78, 5) is 14.9. The van der Waals surface area contributed by atoms with Crippen LogP contribution in [0.25, 0.3) is 10.9 Å². The highest BCUT2D eigenvalue weighted by atomic mass is 16.6. The van der Waals surface area contributed by atoms with Gasteiger partial charge in [0.2, 0.25) is 5.88 Å². The summed E-state index contributed by atoms with van der Waals surface area (Å²) in [6, 6.07) is 12.3. The highest BCUT2D eigenvalue weighted by Crippen LogP contribution is 2.22. The molecule has 21 heavy (non-hydrogen) atoms. The van der Waals surface area contributed by atoms with Crippen molar-refractivity contribution in [1.29, 1.82) is 0 Å². The molecule has 0 radical (unpaired) electrons. The first-order valence-electron chi connectivity index (χ1n) is 6.40. The Hall–Kier alpha value is -2.89. The van der Waals surface area contributed by atoms with Gasteiger partial charge in [0.05, 0.1) is 29.8 Å². The molecule has 0 bridgehead atoms. The summed E-state index contributed by atoms with van der Waals surface area (Å²) in [6.45, 7) is 0.530. The molecule has 0 saturated heterocycles. The topological polar surface area (TPSA) is 70.2 Å². The monoisotopic (exact) mass is 283 g/mol. The van der Waals surface area contributed by atoms with Crippen molar-refractivity contribution < 1.29 is 9.66 Å². The van der Waals surface area contributed by atoms with Crippen molar-refractivity contribution in [2.45, 2.75) is 6.54 Å². The number of benzene rings is 1. The molecule has 6 heteroatoms. The lowest BCUT2D eigenvalue weighted by Gasteiger charge is -2.06. The summed E-state index contributed by atoms with van der Waals surface area (Å²) in [5, 5.41) is 11.8. The fraction of sp³-hybridized carbons (Fsp3) is 0.133. The number of methoxy groups -OCH3 is 1. The van der Waals surface area contributed by atoms with Gasteiger partial charge in [0, 0.05) is 29.8 Å². The lowest BCUT2D eigenvalue weighted by molar-refractivity contribution is -0.384. The molecule has 0 aliphatic rings. The van der Waals surface area contributed by atoms with E-state index in [-0.39, 0.29) is 10.6 Å². The fourth-order valence-electron chi connectivity index (χ4n) is 2.26. The van der Waals surface area contributed by atoms with Crippen molar-refractivity contribution in [3.63, 3.8) is 0 Å². The lowest BCUT2D eigenvalue weighted by atomic mass is 10.2. The normalized spacial score (nSPS) is 10.7. The van der Waals surface area contributed by atoms with Gasteiger partial charge >= 0.3 is 0 Å². The molecule has 2 heterocycles. The predicted octanol–water partition coefficient (Wildman–Crippen LogP) is 3.00. The minimum Gasteiger partial charge on any atom is -0.481 e. The second-order valence-electron chi connectivity index (χ2n) is 4.62. The van der Waals surface area contributed by atoms with Gasteiger partial charge in [0.15, 0.2) is 0 Å². The molecular formula is C15H13N3O3. The van der Waals surface area contributed by atoms with Gasteiger partial charge in [0.1, 0.15) is 0 Å². The van der Waals surface area contributed by atoms with Gasteiger partial charge in [-0.2, -0.15) is 0 Å². The maximum atomic E-state index is 10.9. The smallest absolute Gasteiger partial charge is 0.271 e. The van der Waals surface area contributed by atoms with Crippen LogP contribution in [0.15, 0.2) is 48.7 Å². The average molecular weight is 283 g/mol. The number of hydrogen-bond acceptors (Lipinski definition) is 4. The summed E-state index contributed by atoms with van der Waals surface area (Å²) in [5.41, 5.74) is 1.73. The average Bonchev–Trinajstić information content (AvgIpc) is 2.90. The molecule has 0 unspecified atom stereocenters. The molecule has 0 fully saturated rings. The van der Waals surface area contributed by atoms with Crippen molar-refractivity contribution in [2.24, 2.45) is 0 Å². The van der Waals surface area contributed by atoms with Crippen molar-refractivity contribution in [3.8, 4) is 5.88 Å². The van der Waals surface area contributed by atoms with E-state index in [0.717, 1.165) is 16.6 Å². The maximum Gasteiger partial charge on any atom is 0.271 e. The Bertz CT molecular complexity index is 811. The van der Waals surface area contributed by atoms with Crippen LogP contribution in [0.5, 0.6) is 5.88 Å². The van der Waals surface area contributed by atoms with Crippen LogP contribution >= 0.6 is 0 Å². The second-order valence-corrected chi connectivity index (χ2v) is 4.62. The van der Waals surface area contributed by atoms with E-state index in [9.17, 15) is 10.1 Å². The first-order valence-corrected chi connectivity index (χ1v) is 6.40. The van der Waals surface area contributed by atoms with E-state index >= 15 is 0 Å². The first-order chi connectivity index (χ1) is 10.2. The molecule has 1 aromatic carbocycles. The third kappa shape index (κ3) is 2.55. The molecular weight excluding hydrogens is 270 g/mol. The van der Waals surface area contributed by atoms with E-state index < -0.39 is 0 Å². The third-order valence-corrected chi connectivity index (χ3v) is 3.29. The van der Waals surface area contributed by atoms with Crippen LogP contribution in [-0.2, 0) is 6.54 Å². The zero-order chi connectivity index (χ0) is 14.8. The number of fused-ring (bicyclic) bond motifs is 1. The fourth-order valence-corrected chi connectivity index (χ4v) is 2.26. The van der Waals surface area contributed by atoms with Gasteiger partial charge < -0.3 is 9.30 Å². The summed E-state index contributed by atoms with van der Waals surface area (Å²) in [5.74, 6) is 0.551. The molecule has 3 rings (SSSR count).